The van der Waals surface area contributed by atoms with Crippen molar-refractivity contribution in [1.29, 1.82) is 0 Å². The third-order valence-corrected chi connectivity index (χ3v) is 2.78. The molecular weight excluding hydrogens is 325 g/mol. The maximum Gasteiger partial charge on any atom is 4.00 e. The summed E-state index contributed by atoms with van der Waals surface area (Å²) in [5, 5.41) is 0. The van der Waals surface area contributed by atoms with Crippen LogP contribution in [0.2, 0.25) is 0 Å². The molecule has 0 fully saturated rings. The molecule has 0 aromatic heterocycles. The van der Waals surface area contributed by atoms with Crippen molar-refractivity contribution in [3.8, 4) is 11.1 Å². The van der Waals surface area contributed by atoms with E-state index in [0.29, 0.717) is 0 Å². The van der Waals surface area contributed by atoms with Crippen molar-refractivity contribution in [2.24, 2.45) is 0 Å². The molecule has 0 saturated carbocycles. The summed E-state index contributed by atoms with van der Waals surface area (Å²) in [6.45, 7) is 6.52. The molecule has 0 atom stereocenters. The van der Waals surface area contributed by atoms with E-state index in [4.69, 9.17) is 0 Å². The van der Waals surface area contributed by atoms with Crippen molar-refractivity contribution >= 4 is 0 Å². The van der Waals surface area contributed by atoms with Crippen molar-refractivity contribution in [3.05, 3.63) is 53.1 Å². The van der Waals surface area contributed by atoms with E-state index in [1.807, 2.05) is 0 Å². The van der Waals surface area contributed by atoms with Crippen LogP contribution >= 0.6 is 0 Å². The number of benzene rings is 1. The summed E-state index contributed by atoms with van der Waals surface area (Å²) in [5.41, 5.74) is 6.86. The van der Waals surface area contributed by atoms with Crippen molar-refractivity contribution in [2.45, 2.75) is 20.8 Å². The predicted molar refractivity (Wildman–Crippen MR) is 61.7 cm³/mol. The van der Waals surface area contributed by atoms with Crippen molar-refractivity contribution in [3.63, 3.8) is 0 Å². The quantitative estimate of drug-likeness (QED) is 0.456. The Morgan fingerprint density at radius 2 is 1.33 bits per heavy atom. The molecule has 0 saturated heterocycles. The molecule has 2 aromatic carbocycles. The van der Waals surface area contributed by atoms with Gasteiger partial charge < -0.3 is 37.2 Å². The smallest absolute Gasteiger partial charge is 1.00 e. The number of hydrogen-bond acceptors (Lipinski definition) is 0. The first kappa shape index (κ1) is 23.1. The zero-order chi connectivity index (χ0) is 10.1. The van der Waals surface area contributed by atoms with Crippen LogP contribution in [0.5, 0.6) is 0 Å². The summed E-state index contributed by atoms with van der Waals surface area (Å²) < 4.78 is 0. The summed E-state index contributed by atoms with van der Waals surface area (Å²) >= 11 is 0. The number of hydrogen-bond donors (Lipinski definition) is 0. The van der Waals surface area contributed by atoms with Gasteiger partial charge in [0.2, 0.25) is 0 Å². The van der Waals surface area contributed by atoms with Gasteiger partial charge in [-0.25, -0.2) is 0 Å². The minimum Gasteiger partial charge on any atom is -1.00 e. The Morgan fingerprint density at radius 1 is 0.833 bits per heavy atom. The SMILES string of the molecule is Cc1cccc(C)c1-c1ccc[c-]1C.[Cl-].[Cl-].[Cl-].[V+4]. The van der Waals surface area contributed by atoms with Crippen LogP contribution in [0.25, 0.3) is 11.1 Å². The maximum absolute atomic E-state index is 2.20. The van der Waals surface area contributed by atoms with Gasteiger partial charge in [-0.3, -0.25) is 0 Å². The van der Waals surface area contributed by atoms with Gasteiger partial charge in [-0.1, -0.05) is 41.8 Å². The summed E-state index contributed by atoms with van der Waals surface area (Å²) in [6, 6.07) is 13.0. The van der Waals surface area contributed by atoms with Crippen LogP contribution in [0.4, 0.5) is 0 Å². The van der Waals surface area contributed by atoms with Gasteiger partial charge in [-0.2, -0.15) is 18.2 Å². The summed E-state index contributed by atoms with van der Waals surface area (Å²) in [6.07, 6.45) is 0. The molecule has 97 valence electrons. The zero-order valence-electron chi connectivity index (χ0n) is 10.5. The van der Waals surface area contributed by atoms with Gasteiger partial charge in [0, 0.05) is 0 Å². The molecular formula is C14H15Cl3V. The Morgan fingerprint density at radius 3 is 1.72 bits per heavy atom. The van der Waals surface area contributed by atoms with Gasteiger partial charge in [0.15, 0.2) is 0 Å². The van der Waals surface area contributed by atoms with E-state index in [-0.39, 0.29) is 55.8 Å². The van der Waals surface area contributed by atoms with E-state index >= 15 is 0 Å². The summed E-state index contributed by atoms with van der Waals surface area (Å²) in [4.78, 5) is 0. The van der Waals surface area contributed by atoms with Crippen molar-refractivity contribution in [2.75, 3.05) is 0 Å². The third-order valence-electron chi connectivity index (χ3n) is 2.78. The van der Waals surface area contributed by atoms with E-state index in [1.165, 1.54) is 27.8 Å². The second kappa shape index (κ2) is 9.89. The summed E-state index contributed by atoms with van der Waals surface area (Å²) in [7, 11) is 0. The van der Waals surface area contributed by atoms with Crippen LogP contribution in [0.1, 0.15) is 16.7 Å². The fourth-order valence-corrected chi connectivity index (χ4v) is 2.03. The molecule has 1 radical (unpaired) electrons. The first-order valence-electron chi connectivity index (χ1n) is 4.99. The molecule has 0 spiro atoms. The number of halogens is 3. The Balaban J connectivity index is -0.000000562. The van der Waals surface area contributed by atoms with E-state index in [1.54, 1.807) is 0 Å². The third kappa shape index (κ3) is 4.61. The molecule has 18 heavy (non-hydrogen) atoms. The molecule has 2 rings (SSSR count). The Bertz CT molecular complexity index is 444. The van der Waals surface area contributed by atoms with E-state index in [9.17, 15) is 0 Å². The van der Waals surface area contributed by atoms with Crippen LogP contribution in [0, 0.1) is 20.8 Å². The van der Waals surface area contributed by atoms with Crippen molar-refractivity contribution < 1.29 is 55.8 Å². The molecule has 0 N–H and O–H groups in total. The van der Waals surface area contributed by atoms with Gasteiger partial charge in [0.05, 0.1) is 0 Å². The molecule has 0 aliphatic carbocycles. The van der Waals surface area contributed by atoms with Crippen LogP contribution in [-0.4, -0.2) is 0 Å². The Hall–Kier alpha value is 0.0244. The van der Waals surface area contributed by atoms with Gasteiger partial charge in [-0.15, -0.1) is 11.1 Å². The summed E-state index contributed by atoms with van der Waals surface area (Å²) in [5.74, 6) is 0. The number of rotatable bonds is 1. The zero-order valence-corrected chi connectivity index (χ0v) is 14.2. The standard InChI is InChI=1S/C14H15.3ClH.V/c1-10-6-5-9-13(10)14-11(2)7-4-8-12(14)3;;;;/h4-9H,1-3H3;3*1H;/q-1;;;;+4/p-3. The Labute approximate surface area is 140 Å². The normalized spacial score (nSPS) is 8.17. The molecule has 0 aliphatic heterocycles. The number of aryl methyl sites for hydroxylation is 3. The second-order valence-corrected chi connectivity index (χ2v) is 3.89. The topological polar surface area (TPSA) is 0 Å². The van der Waals surface area contributed by atoms with E-state index in [2.05, 4.69) is 57.2 Å². The Kier molecular flexibility index (Phi) is 12.7. The van der Waals surface area contributed by atoms with Crippen molar-refractivity contribution in [1.82, 2.24) is 0 Å². The predicted octanol–water partition coefficient (Wildman–Crippen LogP) is -4.99. The van der Waals surface area contributed by atoms with Crippen LogP contribution in [0.3, 0.4) is 0 Å². The molecule has 0 bridgehead atoms. The minimum absolute atomic E-state index is 0. The van der Waals surface area contributed by atoms with Gasteiger partial charge in [0.25, 0.3) is 0 Å². The maximum atomic E-state index is 2.20. The first-order chi connectivity index (χ1) is 6.70. The van der Waals surface area contributed by atoms with Gasteiger partial charge in [0.1, 0.15) is 0 Å². The molecule has 0 heterocycles. The van der Waals surface area contributed by atoms with Crippen LogP contribution in [0.15, 0.2) is 36.4 Å². The fraction of sp³-hybridized carbons (Fsp3) is 0.214. The second-order valence-electron chi connectivity index (χ2n) is 3.89. The molecule has 0 aliphatic rings. The van der Waals surface area contributed by atoms with E-state index in [0.717, 1.165) is 0 Å². The van der Waals surface area contributed by atoms with Crippen LogP contribution < -0.4 is 37.2 Å². The molecule has 0 amide bonds. The largest absolute Gasteiger partial charge is 4.00 e. The fourth-order valence-electron chi connectivity index (χ4n) is 2.03. The molecule has 2 aromatic rings. The molecule has 4 heteroatoms. The van der Waals surface area contributed by atoms with E-state index < -0.39 is 0 Å². The average molecular weight is 341 g/mol. The monoisotopic (exact) mass is 339 g/mol. The minimum atomic E-state index is 0. The van der Waals surface area contributed by atoms with Gasteiger partial charge in [-0.05, 0) is 13.8 Å². The van der Waals surface area contributed by atoms with Gasteiger partial charge >= 0.3 is 18.6 Å². The molecule has 0 unspecified atom stereocenters. The van der Waals surface area contributed by atoms with Crippen LogP contribution in [-0.2, 0) is 18.6 Å². The average Bonchev–Trinajstić information content (AvgIpc) is 2.52. The molecule has 0 nitrogen and oxygen atoms in total. The first-order valence-corrected chi connectivity index (χ1v) is 4.99.